The largest absolute Gasteiger partial charge is 0.497 e. The van der Waals surface area contributed by atoms with Crippen molar-refractivity contribution in [3.8, 4) is 23.0 Å². The third-order valence-electron chi connectivity index (χ3n) is 3.57. The molecule has 0 unspecified atom stereocenters. The molecule has 3 rings (SSSR count). The summed E-state index contributed by atoms with van der Waals surface area (Å²) in [6.07, 6.45) is 1.52. The Kier molecular flexibility index (Phi) is 5.88. The lowest BCUT2D eigenvalue weighted by atomic mass is 10.2. The van der Waals surface area contributed by atoms with E-state index in [2.05, 4.69) is 4.98 Å². The fraction of sp³-hybridized carbons (Fsp3) is 0.200. The molecule has 1 aromatic heterocycles. The Morgan fingerprint density at radius 3 is 2.46 bits per heavy atom. The van der Waals surface area contributed by atoms with E-state index >= 15 is 0 Å². The lowest BCUT2D eigenvalue weighted by molar-refractivity contribution is -0.143. The number of aromatic nitrogens is 1. The lowest BCUT2D eigenvalue weighted by Gasteiger charge is -2.07. The summed E-state index contributed by atoms with van der Waals surface area (Å²) in [5, 5.41) is 0. The average Bonchev–Trinajstić information content (AvgIpc) is 3.15. The molecule has 0 saturated carbocycles. The molecule has 0 aliphatic carbocycles. The van der Waals surface area contributed by atoms with Crippen molar-refractivity contribution in [1.82, 2.24) is 4.98 Å². The maximum atomic E-state index is 11.9. The molecule has 1 heterocycles. The van der Waals surface area contributed by atoms with E-state index in [1.165, 1.54) is 6.26 Å². The number of carbonyl (C=O) groups is 1. The number of benzene rings is 2. The summed E-state index contributed by atoms with van der Waals surface area (Å²) in [5.41, 5.74) is 1.39. The van der Waals surface area contributed by atoms with Crippen molar-refractivity contribution in [3.63, 3.8) is 0 Å². The van der Waals surface area contributed by atoms with Gasteiger partial charge in [-0.1, -0.05) is 18.2 Å². The zero-order valence-electron chi connectivity index (χ0n) is 14.4. The Balaban J connectivity index is 1.41. The summed E-state index contributed by atoms with van der Waals surface area (Å²) < 4.78 is 21.1. The predicted octanol–water partition coefficient (Wildman–Crippen LogP) is 3.51. The minimum atomic E-state index is -0.378. The molecule has 3 aromatic rings. The van der Waals surface area contributed by atoms with Crippen LogP contribution in [0.3, 0.4) is 0 Å². The molecule has 0 N–H and O–H groups in total. The van der Waals surface area contributed by atoms with Gasteiger partial charge in [-0.25, -0.2) is 4.98 Å². The second-order valence-electron chi connectivity index (χ2n) is 5.43. The lowest BCUT2D eigenvalue weighted by Crippen LogP contribution is -2.14. The van der Waals surface area contributed by atoms with Crippen LogP contribution in [0.1, 0.15) is 5.69 Å². The highest BCUT2D eigenvalue weighted by Crippen LogP contribution is 2.18. The van der Waals surface area contributed by atoms with Crippen LogP contribution in [0.4, 0.5) is 0 Å². The molecule has 0 aliphatic heterocycles. The van der Waals surface area contributed by atoms with Gasteiger partial charge in [0, 0.05) is 5.56 Å². The van der Waals surface area contributed by atoms with Crippen LogP contribution < -0.4 is 9.47 Å². The van der Waals surface area contributed by atoms with Crippen molar-refractivity contribution >= 4 is 5.97 Å². The fourth-order valence-corrected chi connectivity index (χ4v) is 2.29. The van der Waals surface area contributed by atoms with Gasteiger partial charge in [0.05, 0.1) is 19.2 Å². The quantitative estimate of drug-likeness (QED) is 0.456. The Bertz CT molecular complexity index is 827. The van der Waals surface area contributed by atoms with Gasteiger partial charge in [-0.2, -0.15) is 0 Å². The third kappa shape index (κ3) is 4.86. The van der Waals surface area contributed by atoms with Crippen molar-refractivity contribution in [3.05, 3.63) is 66.6 Å². The molecule has 134 valence electrons. The molecule has 0 fully saturated rings. The molecule has 6 nitrogen and oxygen atoms in total. The first-order valence-corrected chi connectivity index (χ1v) is 8.17. The van der Waals surface area contributed by atoms with E-state index in [9.17, 15) is 4.79 Å². The monoisotopic (exact) mass is 353 g/mol. The molecule has 0 radical (unpaired) electrons. The molecule has 0 atom stereocenters. The number of esters is 1. The SMILES string of the molecule is COc1ccc(OCCOC(=O)Cc2coc(-c3ccccc3)n2)cc1. The highest BCUT2D eigenvalue weighted by atomic mass is 16.6. The van der Waals surface area contributed by atoms with Gasteiger partial charge in [0.1, 0.15) is 31.0 Å². The minimum Gasteiger partial charge on any atom is -0.497 e. The van der Waals surface area contributed by atoms with Gasteiger partial charge in [-0.3, -0.25) is 4.79 Å². The zero-order chi connectivity index (χ0) is 18.2. The summed E-state index contributed by atoms with van der Waals surface area (Å²) in [7, 11) is 1.60. The van der Waals surface area contributed by atoms with Gasteiger partial charge in [-0.05, 0) is 36.4 Å². The number of methoxy groups -OCH3 is 1. The van der Waals surface area contributed by atoms with Crippen LogP contribution in [-0.2, 0) is 16.0 Å². The number of nitrogens with zero attached hydrogens (tertiary/aromatic N) is 1. The summed E-state index contributed by atoms with van der Waals surface area (Å²) in [6.45, 7) is 0.431. The number of hydrogen-bond acceptors (Lipinski definition) is 6. The van der Waals surface area contributed by atoms with Crippen LogP contribution in [0.2, 0.25) is 0 Å². The highest BCUT2D eigenvalue weighted by molar-refractivity contribution is 5.72. The molecule has 26 heavy (non-hydrogen) atoms. The Morgan fingerprint density at radius 1 is 1.00 bits per heavy atom. The summed E-state index contributed by atoms with van der Waals surface area (Å²) in [5.74, 6) is 1.55. The molecule has 2 aromatic carbocycles. The minimum absolute atomic E-state index is 0.0544. The van der Waals surface area contributed by atoms with Crippen molar-refractivity contribution in [2.75, 3.05) is 20.3 Å². The highest BCUT2D eigenvalue weighted by Gasteiger charge is 2.11. The van der Waals surface area contributed by atoms with E-state index in [4.69, 9.17) is 18.6 Å². The molecule has 0 amide bonds. The van der Waals surface area contributed by atoms with E-state index in [1.54, 1.807) is 31.4 Å². The van der Waals surface area contributed by atoms with Gasteiger partial charge in [0.25, 0.3) is 0 Å². The molecular formula is C20H19NO5. The Hall–Kier alpha value is -3.28. The smallest absolute Gasteiger partial charge is 0.312 e. The van der Waals surface area contributed by atoms with Crippen LogP contribution in [0.15, 0.2) is 65.3 Å². The van der Waals surface area contributed by atoms with Crippen molar-refractivity contribution in [2.45, 2.75) is 6.42 Å². The standard InChI is InChI=1S/C20H19NO5/c1-23-17-7-9-18(10-8-17)24-11-12-25-19(22)13-16-14-26-20(21-16)15-5-3-2-4-6-15/h2-10,14H,11-13H2,1H3. The maximum Gasteiger partial charge on any atom is 0.312 e. The summed E-state index contributed by atoms with van der Waals surface area (Å²) >= 11 is 0. The summed E-state index contributed by atoms with van der Waals surface area (Å²) in [6, 6.07) is 16.7. The first-order valence-electron chi connectivity index (χ1n) is 8.17. The predicted molar refractivity (Wildman–Crippen MR) is 95.1 cm³/mol. The van der Waals surface area contributed by atoms with E-state index in [0.717, 1.165) is 11.3 Å². The molecule has 0 spiro atoms. The number of oxazole rings is 1. The van der Waals surface area contributed by atoms with Crippen LogP contribution >= 0.6 is 0 Å². The van der Waals surface area contributed by atoms with Gasteiger partial charge in [-0.15, -0.1) is 0 Å². The Labute approximate surface area is 151 Å². The molecule has 0 saturated heterocycles. The van der Waals surface area contributed by atoms with Gasteiger partial charge < -0.3 is 18.6 Å². The maximum absolute atomic E-state index is 11.9. The van der Waals surface area contributed by atoms with Crippen LogP contribution in [-0.4, -0.2) is 31.3 Å². The van der Waals surface area contributed by atoms with Crippen molar-refractivity contribution in [1.29, 1.82) is 0 Å². The van der Waals surface area contributed by atoms with Crippen LogP contribution in [0, 0.1) is 0 Å². The van der Waals surface area contributed by atoms with E-state index in [1.807, 2.05) is 30.3 Å². The van der Waals surface area contributed by atoms with Crippen molar-refractivity contribution < 1.29 is 23.4 Å². The molecular weight excluding hydrogens is 334 g/mol. The van der Waals surface area contributed by atoms with Gasteiger partial charge >= 0.3 is 5.97 Å². The number of rotatable bonds is 8. The first kappa shape index (κ1) is 17.5. The molecule has 0 aliphatic rings. The first-order chi connectivity index (χ1) is 12.7. The third-order valence-corrected chi connectivity index (χ3v) is 3.57. The summed E-state index contributed by atoms with van der Waals surface area (Å²) in [4.78, 5) is 16.2. The normalized spacial score (nSPS) is 10.3. The van der Waals surface area contributed by atoms with Crippen molar-refractivity contribution in [2.24, 2.45) is 0 Å². The van der Waals surface area contributed by atoms with E-state index in [0.29, 0.717) is 17.3 Å². The van der Waals surface area contributed by atoms with E-state index in [-0.39, 0.29) is 25.6 Å². The molecule has 6 heteroatoms. The van der Waals surface area contributed by atoms with E-state index < -0.39 is 0 Å². The number of ether oxygens (including phenoxy) is 3. The van der Waals surface area contributed by atoms with Crippen LogP contribution in [0.25, 0.3) is 11.5 Å². The second kappa shape index (κ2) is 8.71. The second-order valence-corrected chi connectivity index (χ2v) is 5.43. The number of carbonyl (C=O) groups excluding carboxylic acids is 1. The average molecular weight is 353 g/mol. The number of hydrogen-bond donors (Lipinski definition) is 0. The van der Waals surface area contributed by atoms with Crippen LogP contribution in [0.5, 0.6) is 11.5 Å². The van der Waals surface area contributed by atoms with Gasteiger partial charge in [0.15, 0.2) is 0 Å². The topological polar surface area (TPSA) is 70.8 Å². The zero-order valence-corrected chi connectivity index (χ0v) is 14.4. The van der Waals surface area contributed by atoms with Gasteiger partial charge in [0.2, 0.25) is 5.89 Å². The Morgan fingerprint density at radius 2 is 1.73 bits per heavy atom. The fourth-order valence-electron chi connectivity index (χ4n) is 2.29. The molecule has 0 bridgehead atoms.